The van der Waals surface area contributed by atoms with Gasteiger partial charge >= 0.3 is 0 Å². The van der Waals surface area contributed by atoms with Gasteiger partial charge in [-0.1, -0.05) is 24.3 Å². The van der Waals surface area contributed by atoms with Crippen LogP contribution in [0.5, 0.6) is 0 Å². The van der Waals surface area contributed by atoms with Crippen LogP contribution in [0.3, 0.4) is 0 Å². The average molecular weight is 520 g/mol. The van der Waals surface area contributed by atoms with Crippen molar-refractivity contribution in [3.63, 3.8) is 0 Å². The van der Waals surface area contributed by atoms with E-state index in [0.29, 0.717) is 12.1 Å². The number of fused-ring (bicyclic) bond motifs is 2. The van der Waals surface area contributed by atoms with E-state index in [1.165, 1.54) is 11.0 Å². The molecule has 0 saturated carbocycles. The fourth-order valence-corrected chi connectivity index (χ4v) is 5.96. The van der Waals surface area contributed by atoms with Gasteiger partial charge in [-0.15, -0.1) is 0 Å². The van der Waals surface area contributed by atoms with E-state index >= 15 is 0 Å². The Kier molecular flexibility index (Phi) is 8.04. The van der Waals surface area contributed by atoms with Crippen LogP contribution in [0.4, 0.5) is 8.78 Å². The molecule has 10 heteroatoms. The number of nitrogens with zero attached hydrogens (tertiary/aromatic N) is 2. The van der Waals surface area contributed by atoms with Gasteiger partial charge < -0.3 is 10.2 Å². The molecule has 0 aliphatic carbocycles. The second kappa shape index (κ2) is 11.0. The molecular weight excluding hydrogens is 488 g/mol. The number of carbonyl (C=O) groups excluding carboxylic acids is 2. The van der Waals surface area contributed by atoms with Crippen molar-refractivity contribution in [2.75, 3.05) is 25.1 Å². The zero-order valence-corrected chi connectivity index (χ0v) is 21.0. The van der Waals surface area contributed by atoms with Gasteiger partial charge in [0.1, 0.15) is 17.4 Å². The van der Waals surface area contributed by atoms with Crippen LogP contribution in [0.1, 0.15) is 41.6 Å². The SMILES string of the molecule is CS(=O)(=O)CC(=O)N(CCN1C2CCC1CC(NC(=O)c1ccccc1)C2)Cc1c(F)cccc1F. The van der Waals surface area contributed by atoms with Gasteiger partial charge in [-0.3, -0.25) is 14.5 Å². The van der Waals surface area contributed by atoms with Gasteiger partial charge in [0.05, 0.1) is 6.54 Å². The van der Waals surface area contributed by atoms with E-state index in [1.807, 2.05) is 18.2 Å². The zero-order chi connectivity index (χ0) is 25.9. The van der Waals surface area contributed by atoms with Crippen LogP contribution in [-0.2, 0) is 21.2 Å². The molecule has 2 amide bonds. The first kappa shape index (κ1) is 26.2. The number of piperidine rings is 1. The summed E-state index contributed by atoms with van der Waals surface area (Å²) < 4.78 is 52.0. The first-order valence-electron chi connectivity index (χ1n) is 12.1. The molecule has 2 bridgehead atoms. The topological polar surface area (TPSA) is 86.8 Å². The number of halogens is 2. The zero-order valence-electron chi connectivity index (χ0n) is 20.2. The second-order valence-corrected chi connectivity index (χ2v) is 11.9. The van der Waals surface area contributed by atoms with E-state index in [4.69, 9.17) is 0 Å². The fourth-order valence-electron chi connectivity index (χ4n) is 5.33. The highest BCUT2D eigenvalue weighted by Crippen LogP contribution is 2.35. The Morgan fingerprint density at radius 1 is 1.00 bits per heavy atom. The highest BCUT2D eigenvalue weighted by atomic mass is 32.2. The van der Waals surface area contributed by atoms with Crippen LogP contribution in [0.15, 0.2) is 48.5 Å². The summed E-state index contributed by atoms with van der Waals surface area (Å²) in [6.07, 6.45) is 4.42. The summed E-state index contributed by atoms with van der Waals surface area (Å²) in [7, 11) is -3.61. The molecule has 36 heavy (non-hydrogen) atoms. The van der Waals surface area contributed by atoms with Crippen LogP contribution in [0.2, 0.25) is 0 Å². The van der Waals surface area contributed by atoms with Crippen molar-refractivity contribution in [2.24, 2.45) is 0 Å². The van der Waals surface area contributed by atoms with E-state index in [1.54, 1.807) is 12.1 Å². The Morgan fingerprint density at radius 3 is 2.19 bits per heavy atom. The molecule has 0 aromatic heterocycles. The average Bonchev–Trinajstić information content (AvgIpc) is 3.05. The molecule has 2 aliphatic rings. The standard InChI is InChI=1S/C26H31F2N3O4S/c1-36(34,35)17-25(32)30(16-22-23(27)8-5-9-24(22)28)12-13-31-20-10-11-21(31)15-19(14-20)29-26(33)18-6-3-2-4-7-18/h2-9,19-21H,10-17H2,1H3,(H,29,33). The molecule has 2 aromatic rings. The normalized spacial score (nSPS) is 21.8. The molecule has 2 atom stereocenters. The maximum atomic E-state index is 14.3. The van der Waals surface area contributed by atoms with Gasteiger partial charge in [0.2, 0.25) is 5.91 Å². The Hall–Kier alpha value is -2.85. The van der Waals surface area contributed by atoms with Crippen LogP contribution in [0, 0.1) is 11.6 Å². The predicted octanol–water partition coefficient (Wildman–Crippen LogP) is 2.76. The minimum absolute atomic E-state index is 0.0435. The number of carbonyl (C=O) groups is 2. The summed E-state index contributed by atoms with van der Waals surface area (Å²) in [6.45, 7) is 0.266. The van der Waals surface area contributed by atoms with Crippen molar-refractivity contribution < 1.29 is 26.8 Å². The van der Waals surface area contributed by atoms with Gasteiger partial charge in [0, 0.05) is 48.6 Å². The minimum Gasteiger partial charge on any atom is -0.349 e. The van der Waals surface area contributed by atoms with Crippen molar-refractivity contribution in [1.29, 1.82) is 0 Å². The summed E-state index contributed by atoms with van der Waals surface area (Å²) in [5.41, 5.74) is 0.359. The summed E-state index contributed by atoms with van der Waals surface area (Å²) in [4.78, 5) is 28.9. The molecule has 2 fully saturated rings. The molecule has 2 aromatic carbocycles. The molecule has 2 heterocycles. The molecular formula is C26H31F2N3O4S. The molecule has 2 unspecified atom stereocenters. The third kappa shape index (κ3) is 6.47. The van der Waals surface area contributed by atoms with Crippen molar-refractivity contribution in [3.8, 4) is 0 Å². The monoisotopic (exact) mass is 519 g/mol. The lowest BCUT2D eigenvalue weighted by Gasteiger charge is -2.40. The van der Waals surface area contributed by atoms with Gasteiger partial charge in [0.15, 0.2) is 9.84 Å². The van der Waals surface area contributed by atoms with Crippen molar-refractivity contribution >= 4 is 21.7 Å². The molecule has 4 rings (SSSR count). The second-order valence-electron chi connectivity index (χ2n) is 9.72. The maximum Gasteiger partial charge on any atom is 0.251 e. The maximum absolute atomic E-state index is 14.3. The third-order valence-electron chi connectivity index (χ3n) is 7.03. The Bertz CT molecular complexity index is 1170. The molecule has 7 nitrogen and oxygen atoms in total. The van der Waals surface area contributed by atoms with E-state index in [0.717, 1.165) is 44.1 Å². The highest BCUT2D eigenvalue weighted by Gasteiger charge is 2.41. The van der Waals surface area contributed by atoms with Crippen LogP contribution in [0.25, 0.3) is 0 Å². The third-order valence-corrected chi connectivity index (χ3v) is 7.80. The number of hydrogen-bond acceptors (Lipinski definition) is 5. The van der Waals surface area contributed by atoms with Crippen LogP contribution in [-0.4, -0.2) is 73.3 Å². The van der Waals surface area contributed by atoms with Crippen molar-refractivity contribution in [3.05, 3.63) is 71.3 Å². The number of rotatable bonds is 9. The lowest BCUT2D eigenvalue weighted by atomic mass is 9.97. The summed E-state index contributed by atoms with van der Waals surface area (Å²) >= 11 is 0. The largest absolute Gasteiger partial charge is 0.349 e. The van der Waals surface area contributed by atoms with E-state index in [2.05, 4.69) is 10.2 Å². The number of benzene rings is 2. The van der Waals surface area contributed by atoms with Crippen LogP contribution >= 0.6 is 0 Å². The highest BCUT2D eigenvalue weighted by molar-refractivity contribution is 7.91. The van der Waals surface area contributed by atoms with Gasteiger partial charge in [0.25, 0.3) is 5.91 Å². The summed E-state index contributed by atoms with van der Waals surface area (Å²) in [6, 6.07) is 13.0. The van der Waals surface area contributed by atoms with E-state index in [-0.39, 0.29) is 42.7 Å². The molecule has 0 radical (unpaired) electrons. The first-order chi connectivity index (χ1) is 17.1. The number of sulfone groups is 1. The smallest absolute Gasteiger partial charge is 0.251 e. The molecule has 2 saturated heterocycles. The van der Waals surface area contributed by atoms with Crippen molar-refractivity contribution in [2.45, 2.75) is 50.4 Å². The number of nitrogens with one attached hydrogen (secondary N) is 1. The molecule has 194 valence electrons. The summed E-state index contributed by atoms with van der Waals surface area (Å²) in [5.74, 6) is -3.05. The van der Waals surface area contributed by atoms with Gasteiger partial charge in [-0.2, -0.15) is 0 Å². The first-order valence-corrected chi connectivity index (χ1v) is 14.2. The Balaban J connectivity index is 1.41. The molecule has 1 N–H and O–H groups in total. The Labute approximate surface area is 210 Å². The number of amides is 2. The molecule has 2 aliphatic heterocycles. The predicted molar refractivity (Wildman–Crippen MR) is 132 cm³/mol. The van der Waals surface area contributed by atoms with Gasteiger partial charge in [-0.05, 0) is 49.9 Å². The van der Waals surface area contributed by atoms with Gasteiger partial charge in [-0.25, -0.2) is 17.2 Å². The summed E-state index contributed by atoms with van der Waals surface area (Å²) in [5, 5.41) is 3.13. The molecule has 0 spiro atoms. The minimum atomic E-state index is -3.61. The quantitative estimate of drug-likeness (QED) is 0.551. The lowest BCUT2D eigenvalue weighted by Crippen LogP contribution is -2.52. The van der Waals surface area contributed by atoms with Crippen molar-refractivity contribution in [1.82, 2.24) is 15.1 Å². The van der Waals surface area contributed by atoms with E-state index < -0.39 is 33.1 Å². The lowest BCUT2D eigenvalue weighted by molar-refractivity contribution is -0.129. The van der Waals surface area contributed by atoms with E-state index in [9.17, 15) is 26.8 Å². The Morgan fingerprint density at radius 2 is 1.61 bits per heavy atom. The fraction of sp³-hybridized carbons (Fsp3) is 0.462. The van der Waals surface area contributed by atoms with Crippen LogP contribution < -0.4 is 5.32 Å². The number of hydrogen-bond donors (Lipinski definition) is 1.